The van der Waals surface area contributed by atoms with E-state index in [1.165, 1.54) is 0 Å². The van der Waals surface area contributed by atoms with Crippen LogP contribution in [0.15, 0.2) is 35.2 Å². The summed E-state index contributed by atoms with van der Waals surface area (Å²) in [5.74, 6) is 0. The van der Waals surface area contributed by atoms with Crippen LogP contribution >= 0.6 is 0 Å². The summed E-state index contributed by atoms with van der Waals surface area (Å²) in [6.07, 6.45) is 0. The lowest BCUT2D eigenvalue weighted by molar-refractivity contribution is 0.649. The Morgan fingerprint density at radius 1 is 1.08 bits per heavy atom. The van der Waals surface area contributed by atoms with Crippen molar-refractivity contribution in [3.63, 3.8) is 0 Å². The average Bonchev–Trinajstić information content (AvgIpc) is 2.03. The number of rotatable bonds is 1. The first kappa shape index (κ1) is 9.46. The third kappa shape index (κ3) is 2.18. The largest absolute Gasteiger partial charge is 0.254 e. The molecule has 0 aliphatic rings. The van der Waals surface area contributed by atoms with Gasteiger partial charge in [-0.1, -0.05) is 18.2 Å². The van der Waals surface area contributed by atoms with E-state index in [-0.39, 0.29) is 4.75 Å². The molecule has 0 saturated carbocycles. The van der Waals surface area contributed by atoms with E-state index in [4.69, 9.17) is 0 Å². The van der Waals surface area contributed by atoms with Gasteiger partial charge in [0.1, 0.15) is 0 Å². The van der Waals surface area contributed by atoms with Crippen molar-refractivity contribution in [3.8, 4) is 0 Å². The van der Waals surface area contributed by atoms with Crippen molar-refractivity contribution in [1.82, 2.24) is 0 Å². The number of benzene rings is 1. The summed E-state index contributed by atoms with van der Waals surface area (Å²) >= 11 is 0. The van der Waals surface area contributed by atoms with Crippen LogP contribution in [-0.2, 0) is 10.8 Å². The molecule has 1 rings (SSSR count). The van der Waals surface area contributed by atoms with Crippen LogP contribution in [0.5, 0.6) is 0 Å². The maximum Gasteiger partial charge on any atom is 0.0583 e. The predicted octanol–water partition coefficient (Wildman–Crippen LogP) is 2.59. The Hall–Kier alpha value is -0.630. The summed E-state index contributed by atoms with van der Waals surface area (Å²) < 4.78 is 11.6. The molecule has 0 spiro atoms. The Morgan fingerprint density at radius 2 is 1.58 bits per heavy atom. The Balaban J connectivity index is 2.94. The Morgan fingerprint density at radius 3 is 2.00 bits per heavy atom. The van der Waals surface area contributed by atoms with Crippen LogP contribution < -0.4 is 0 Å². The average molecular weight is 182 g/mol. The van der Waals surface area contributed by atoms with Gasteiger partial charge in [0.15, 0.2) is 0 Å². The molecular formula is C10H14OS. The molecule has 0 aliphatic carbocycles. The Kier molecular flexibility index (Phi) is 2.68. The molecule has 0 aliphatic heterocycles. The molecule has 1 aromatic rings. The van der Waals surface area contributed by atoms with Gasteiger partial charge in [0, 0.05) is 9.64 Å². The van der Waals surface area contributed by atoms with Crippen LogP contribution in [0.2, 0.25) is 0 Å². The Labute approximate surface area is 76.3 Å². The molecule has 66 valence electrons. The molecule has 0 bridgehead atoms. The zero-order chi connectivity index (χ0) is 9.19. The van der Waals surface area contributed by atoms with Gasteiger partial charge < -0.3 is 0 Å². The van der Waals surface area contributed by atoms with E-state index in [1.54, 1.807) is 0 Å². The highest BCUT2D eigenvalue weighted by atomic mass is 32.2. The highest BCUT2D eigenvalue weighted by Crippen LogP contribution is 2.19. The molecule has 0 saturated heterocycles. The van der Waals surface area contributed by atoms with Gasteiger partial charge in [-0.2, -0.15) is 0 Å². The molecule has 0 unspecified atom stereocenters. The first-order valence-corrected chi connectivity index (χ1v) is 5.14. The van der Waals surface area contributed by atoms with Crippen LogP contribution in [0.4, 0.5) is 0 Å². The van der Waals surface area contributed by atoms with E-state index in [1.807, 2.05) is 51.1 Å². The molecule has 0 amide bonds. The van der Waals surface area contributed by atoms with Crippen molar-refractivity contribution in [1.29, 1.82) is 0 Å². The second-order valence-corrected chi connectivity index (χ2v) is 5.93. The maximum atomic E-state index is 11.8. The van der Waals surface area contributed by atoms with E-state index >= 15 is 0 Å². The molecule has 0 heterocycles. The van der Waals surface area contributed by atoms with Gasteiger partial charge in [-0.05, 0) is 32.9 Å². The molecular weight excluding hydrogens is 168 g/mol. The van der Waals surface area contributed by atoms with E-state index < -0.39 is 10.8 Å². The van der Waals surface area contributed by atoms with Crippen molar-refractivity contribution in [2.75, 3.05) is 0 Å². The maximum absolute atomic E-state index is 11.8. The summed E-state index contributed by atoms with van der Waals surface area (Å²) in [4.78, 5) is 0.907. The second kappa shape index (κ2) is 3.40. The van der Waals surface area contributed by atoms with Crippen molar-refractivity contribution >= 4 is 10.8 Å². The zero-order valence-electron chi connectivity index (χ0n) is 7.70. The first-order valence-electron chi connectivity index (χ1n) is 3.99. The fourth-order valence-corrected chi connectivity index (χ4v) is 2.01. The summed E-state index contributed by atoms with van der Waals surface area (Å²) in [5.41, 5.74) is 0. The molecule has 0 N–H and O–H groups in total. The highest BCUT2D eigenvalue weighted by molar-refractivity contribution is 7.86. The monoisotopic (exact) mass is 182 g/mol. The van der Waals surface area contributed by atoms with E-state index in [9.17, 15) is 4.21 Å². The third-order valence-electron chi connectivity index (χ3n) is 1.51. The van der Waals surface area contributed by atoms with Gasteiger partial charge in [0.05, 0.1) is 10.8 Å². The molecule has 1 aromatic carbocycles. The van der Waals surface area contributed by atoms with Crippen LogP contribution in [-0.4, -0.2) is 8.96 Å². The molecule has 0 fully saturated rings. The summed E-state index contributed by atoms with van der Waals surface area (Å²) in [5, 5.41) is 0. The highest BCUT2D eigenvalue weighted by Gasteiger charge is 2.20. The van der Waals surface area contributed by atoms with Crippen molar-refractivity contribution < 1.29 is 4.21 Å². The van der Waals surface area contributed by atoms with Gasteiger partial charge in [0.25, 0.3) is 0 Å². The summed E-state index contributed by atoms with van der Waals surface area (Å²) in [6.45, 7) is 5.95. The molecule has 0 aromatic heterocycles. The summed E-state index contributed by atoms with van der Waals surface area (Å²) in [6, 6.07) is 9.57. The van der Waals surface area contributed by atoms with Crippen molar-refractivity contribution in [2.24, 2.45) is 0 Å². The molecule has 0 radical (unpaired) electrons. The lowest BCUT2D eigenvalue weighted by atomic mass is 10.3. The topological polar surface area (TPSA) is 17.1 Å². The fraction of sp³-hybridized carbons (Fsp3) is 0.400. The second-order valence-electron chi connectivity index (χ2n) is 3.69. The lowest BCUT2D eigenvalue weighted by Gasteiger charge is -2.17. The molecule has 1 atom stereocenters. The van der Waals surface area contributed by atoms with Crippen LogP contribution in [0.25, 0.3) is 0 Å². The predicted molar refractivity (Wildman–Crippen MR) is 52.6 cm³/mol. The standard InChI is InChI=1S/C10H14OS/c1-10(2,3)12(11)9-7-5-4-6-8-9/h4-8H,1-3H3/t12-/m0/s1. The van der Waals surface area contributed by atoms with Crippen LogP contribution in [0.3, 0.4) is 0 Å². The van der Waals surface area contributed by atoms with Gasteiger partial charge in [-0.3, -0.25) is 4.21 Å². The quantitative estimate of drug-likeness (QED) is 0.652. The van der Waals surface area contributed by atoms with Crippen LogP contribution in [0, 0.1) is 0 Å². The van der Waals surface area contributed by atoms with Crippen LogP contribution in [0.1, 0.15) is 20.8 Å². The summed E-state index contributed by atoms with van der Waals surface area (Å²) in [7, 11) is -0.901. The van der Waals surface area contributed by atoms with Gasteiger partial charge >= 0.3 is 0 Å². The normalized spacial score (nSPS) is 14.2. The molecule has 2 heteroatoms. The minimum absolute atomic E-state index is 0.165. The van der Waals surface area contributed by atoms with E-state index in [0.29, 0.717) is 0 Å². The van der Waals surface area contributed by atoms with Crippen molar-refractivity contribution in [2.45, 2.75) is 30.4 Å². The molecule has 12 heavy (non-hydrogen) atoms. The SMILES string of the molecule is CC(C)(C)[S@@](=O)c1ccccc1. The van der Waals surface area contributed by atoms with Crippen molar-refractivity contribution in [3.05, 3.63) is 30.3 Å². The molecule has 1 nitrogen and oxygen atoms in total. The zero-order valence-corrected chi connectivity index (χ0v) is 8.52. The van der Waals surface area contributed by atoms with E-state index in [2.05, 4.69) is 0 Å². The third-order valence-corrected chi connectivity index (χ3v) is 3.33. The number of hydrogen-bond acceptors (Lipinski definition) is 1. The minimum Gasteiger partial charge on any atom is -0.254 e. The minimum atomic E-state index is -0.901. The first-order chi connectivity index (χ1) is 5.52. The van der Waals surface area contributed by atoms with E-state index in [0.717, 1.165) is 4.90 Å². The smallest absolute Gasteiger partial charge is 0.0583 e. The van der Waals surface area contributed by atoms with Gasteiger partial charge in [-0.15, -0.1) is 0 Å². The fourth-order valence-electron chi connectivity index (χ4n) is 0.898. The van der Waals surface area contributed by atoms with Gasteiger partial charge in [-0.25, -0.2) is 0 Å². The lowest BCUT2D eigenvalue weighted by Crippen LogP contribution is -2.21. The van der Waals surface area contributed by atoms with Gasteiger partial charge in [0.2, 0.25) is 0 Å². The number of hydrogen-bond donors (Lipinski definition) is 0. The Bertz CT molecular complexity index is 272.